The second kappa shape index (κ2) is 8.09. The van der Waals surface area contributed by atoms with Gasteiger partial charge in [-0.15, -0.1) is 10.2 Å². The Balaban J connectivity index is 1.51. The first-order valence-electron chi connectivity index (χ1n) is 7.76. The van der Waals surface area contributed by atoms with Crippen LogP contribution in [0, 0.1) is 5.82 Å². The van der Waals surface area contributed by atoms with Gasteiger partial charge in [0.25, 0.3) is 0 Å². The predicted molar refractivity (Wildman–Crippen MR) is 93.0 cm³/mol. The summed E-state index contributed by atoms with van der Waals surface area (Å²) in [6.07, 6.45) is 0. The molecule has 0 saturated heterocycles. The molecule has 0 atom stereocenters. The highest BCUT2D eigenvalue weighted by molar-refractivity contribution is 6.33. The van der Waals surface area contributed by atoms with Crippen LogP contribution in [0.1, 0.15) is 5.89 Å². The highest BCUT2D eigenvalue weighted by atomic mass is 35.5. The zero-order chi connectivity index (χ0) is 17.6. The van der Waals surface area contributed by atoms with Gasteiger partial charge in [0.05, 0.1) is 17.1 Å². The van der Waals surface area contributed by atoms with E-state index < -0.39 is 0 Å². The molecule has 7 heteroatoms. The monoisotopic (exact) mass is 361 g/mol. The number of hydrogen-bond donors (Lipinski definition) is 0. The lowest BCUT2D eigenvalue weighted by Gasteiger charge is -2.14. The standard InChI is InChI=1S/C18H17ClFN3O2/c1-23(10-11-24-14-8-6-13(20)7-9-14)12-17-21-22-18(25-17)15-4-2-3-5-16(15)19/h2-9H,10-12H2,1H3. The normalized spacial score (nSPS) is 11.0. The second-order valence-electron chi connectivity index (χ2n) is 5.52. The van der Waals surface area contributed by atoms with Gasteiger partial charge < -0.3 is 9.15 Å². The summed E-state index contributed by atoms with van der Waals surface area (Å²) in [5.74, 6) is 1.25. The predicted octanol–water partition coefficient (Wildman–Crippen LogP) is 4.04. The Morgan fingerprint density at radius 1 is 1.12 bits per heavy atom. The molecule has 0 N–H and O–H groups in total. The molecule has 0 aliphatic heterocycles. The molecule has 1 aromatic heterocycles. The van der Waals surface area contributed by atoms with Gasteiger partial charge in [0.15, 0.2) is 0 Å². The van der Waals surface area contributed by atoms with Gasteiger partial charge in [-0.3, -0.25) is 4.90 Å². The van der Waals surface area contributed by atoms with E-state index in [1.165, 1.54) is 12.1 Å². The maximum Gasteiger partial charge on any atom is 0.249 e. The Bertz CT molecular complexity index is 823. The van der Waals surface area contributed by atoms with Gasteiger partial charge in [-0.05, 0) is 43.4 Å². The number of likely N-dealkylation sites (N-methyl/N-ethyl adjacent to an activating group) is 1. The van der Waals surface area contributed by atoms with Crippen LogP contribution in [-0.2, 0) is 6.54 Å². The molecule has 25 heavy (non-hydrogen) atoms. The summed E-state index contributed by atoms with van der Waals surface area (Å²) in [5.41, 5.74) is 0.713. The molecule has 0 spiro atoms. The van der Waals surface area contributed by atoms with Crippen molar-refractivity contribution < 1.29 is 13.5 Å². The molecule has 0 unspecified atom stereocenters. The van der Waals surface area contributed by atoms with Crippen molar-refractivity contribution in [1.82, 2.24) is 15.1 Å². The van der Waals surface area contributed by atoms with Crippen LogP contribution in [0.15, 0.2) is 52.9 Å². The lowest BCUT2D eigenvalue weighted by molar-refractivity contribution is 0.220. The summed E-state index contributed by atoms with van der Waals surface area (Å²) in [6, 6.07) is 13.3. The lowest BCUT2D eigenvalue weighted by Crippen LogP contribution is -2.24. The van der Waals surface area contributed by atoms with Gasteiger partial charge in [-0.25, -0.2) is 4.39 Å². The zero-order valence-corrected chi connectivity index (χ0v) is 14.4. The van der Waals surface area contributed by atoms with E-state index in [9.17, 15) is 4.39 Å². The maximum atomic E-state index is 12.8. The smallest absolute Gasteiger partial charge is 0.249 e. The molecule has 0 aliphatic carbocycles. The molecule has 130 valence electrons. The fourth-order valence-electron chi connectivity index (χ4n) is 2.22. The summed E-state index contributed by atoms with van der Waals surface area (Å²) in [7, 11) is 1.92. The van der Waals surface area contributed by atoms with E-state index in [4.69, 9.17) is 20.8 Å². The van der Waals surface area contributed by atoms with E-state index in [0.29, 0.717) is 47.8 Å². The summed E-state index contributed by atoms with van der Waals surface area (Å²) < 4.78 is 24.1. The molecule has 3 aromatic rings. The minimum absolute atomic E-state index is 0.282. The molecule has 0 radical (unpaired) electrons. The quantitative estimate of drug-likeness (QED) is 0.635. The topological polar surface area (TPSA) is 51.4 Å². The molecule has 0 fully saturated rings. The van der Waals surface area contributed by atoms with Gasteiger partial charge in [-0.2, -0.15) is 0 Å². The van der Waals surface area contributed by atoms with Crippen LogP contribution < -0.4 is 4.74 Å². The van der Waals surface area contributed by atoms with Crippen molar-refractivity contribution in [3.05, 3.63) is 65.3 Å². The maximum absolute atomic E-state index is 12.8. The third-order valence-corrected chi connectivity index (χ3v) is 3.86. The largest absolute Gasteiger partial charge is 0.492 e. The Morgan fingerprint density at radius 3 is 2.64 bits per heavy atom. The minimum atomic E-state index is -0.282. The highest BCUT2D eigenvalue weighted by Gasteiger charge is 2.12. The third kappa shape index (κ3) is 4.78. The van der Waals surface area contributed by atoms with Crippen LogP contribution >= 0.6 is 11.6 Å². The molecule has 0 saturated carbocycles. The Morgan fingerprint density at radius 2 is 1.88 bits per heavy atom. The van der Waals surface area contributed by atoms with Crippen LogP contribution in [0.5, 0.6) is 5.75 Å². The first-order valence-corrected chi connectivity index (χ1v) is 8.14. The summed E-state index contributed by atoms with van der Waals surface area (Å²) in [6.45, 7) is 1.61. The van der Waals surface area contributed by atoms with Gasteiger partial charge >= 0.3 is 0 Å². The van der Waals surface area contributed by atoms with Gasteiger partial charge in [0.2, 0.25) is 11.8 Å². The van der Waals surface area contributed by atoms with Crippen molar-refractivity contribution in [3.63, 3.8) is 0 Å². The summed E-state index contributed by atoms with van der Waals surface area (Å²) in [5, 5.41) is 8.66. The number of ether oxygens (including phenoxy) is 1. The average Bonchev–Trinajstić information content (AvgIpc) is 3.05. The Hall–Kier alpha value is -2.44. The molecular weight excluding hydrogens is 345 g/mol. The van der Waals surface area contributed by atoms with Crippen LogP contribution in [0.2, 0.25) is 5.02 Å². The van der Waals surface area contributed by atoms with E-state index in [2.05, 4.69) is 10.2 Å². The van der Waals surface area contributed by atoms with Crippen molar-refractivity contribution in [2.75, 3.05) is 20.2 Å². The fraction of sp³-hybridized carbons (Fsp3) is 0.222. The second-order valence-corrected chi connectivity index (χ2v) is 5.93. The number of hydrogen-bond acceptors (Lipinski definition) is 5. The van der Waals surface area contributed by atoms with Crippen LogP contribution in [0.3, 0.4) is 0 Å². The summed E-state index contributed by atoms with van der Waals surface area (Å²) in [4.78, 5) is 1.99. The fourth-order valence-corrected chi connectivity index (χ4v) is 2.44. The summed E-state index contributed by atoms with van der Waals surface area (Å²) >= 11 is 6.13. The average molecular weight is 362 g/mol. The van der Waals surface area contributed by atoms with Gasteiger partial charge in [-0.1, -0.05) is 23.7 Å². The van der Waals surface area contributed by atoms with Crippen LogP contribution in [0.4, 0.5) is 4.39 Å². The first kappa shape index (κ1) is 17.4. The van der Waals surface area contributed by atoms with Crippen LogP contribution in [-0.4, -0.2) is 35.3 Å². The molecule has 0 amide bonds. The molecule has 3 rings (SSSR count). The highest BCUT2D eigenvalue weighted by Crippen LogP contribution is 2.26. The number of benzene rings is 2. The number of rotatable bonds is 7. The first-order chi connectivity index (χ1) is 12.1. The minimum Gasteiger partial charge on any atom is -0.492 e. The van der Waals surface area contributed by atoms with E-state index in [-0.39, 0.29) is 5.82 Å². The van der Waals surface area contributed by atoms with Crippen molar-refractivity contribution in [3.8, 4) is 17.2 Å². The Kier molecular flexibility index (Phi) is 5.63. The van der Waals surface area contributed by atoms with Crippen molar-refractivity contribution in [2.24, 2.45) is 0 Å². The van der Waals surface area contributed by atoms with E-state index in [1.54, 1.807) is 18.2 Å². The zero-order valence-electron chi connectivity index (χ0n) is 13.7. The SMILES string of the molecule is CN(CCOc1ccc(F)cc1)Cc1nnc(-c2ccccc2Cl)o1. The lowest BCUT2D eigenvalue weighted by atomic mass is 10.2. The number of nitrogens with zero attached hydrogens (tertiary/aromatic N) is 3. The van der Waals surface area contributed by atoms with Crippen molar-refractivity contribution in [2.45, 2.75) is 6.54 Å². The molecular formula is C18H17ClFN3O2. The number of aromatic nitrogens is 2. The van der Waals surface area contributed by atoms with Crippen molar-refractivity contribution >= 4 is 11.6 Å². The molecule has 1 heterocycles. The Labute approximate surface area is 150 Å². The van der Waals surface area contributed by atoms with E-state index >= 15 is 0 Å². The number of halogens is 2. The van der Waals surface area contributed by atoms with Gasteiger partial charge in [0, 0.05) is 6.54 Å². The third-order valence-electron chi connectivity index (χ3n) is 3.53. The molecule has 2 aromatic carbocycles. The van der Waals surface area contributed by atoms with E-state index in [0.717, 1.165) is 0 Å². The molecule has 5 nitrogen and oxygen atoms in total. The molecule has 0 aliphatic rings. The van der Waals surface area contributed by atoms with E-state index in [1.807, 2.05) is 30.1 Å². The molecule has 0 bridgehead atoms. The van der Waals surface area contributed by atoms with Crippen LogP contribution in [0.25, 0.3) is 11.5 Å². The van der Waals surface area contributed by atoms with Gasteiger partial charge in [0.1, 0.15) is 18.2 Å². The van der Waals surface area contributed by atoms with Crippen molar-refractivity contribution in [1.29, 1.82) is 0 Å².